The van der Waals surface area contributed by atoms with Crippen LogP contribution in [0, 0.1) is 12.8 Å². The van der Waals surface area contributed by atoms with Crippen molar-refractivity contribution in [2.24, 2.45) is 5.92 Å². The van der Waals surface area contributed by atoms with Crippen molar-refractivity contribution in [3.05, 3.63) is 53.7 Å². The summed E-state index contributed by atoms with van der Waals surface area (Å²) >= 11 is 0. The number of benzene rings is 1. The van der Waals surface area contributed by atoms with Crippen molar-refractivity contribution >= 4 is 11.9 Å². The Hall–Kier alpha value is -2.83. The number of aromatic nitrogens is 1. The van der Waals surface area contributed by atoms with Crippen LogP contribution in [0.3, 0.4) is 0 Å². The highest BCUT2D eigenvalue weighted by molar-refractivity contribution is 5.95. The SMILES string of the molecule is Cc1ccccc1C(=O)N1CCC(CCCCNC(=O)NCc2cnco2)CC1. The van der Waals surface area contributed by atoms with Gasteiger partial charge in [0.05, 0.1) is 12.7 Å². The monoisotopic (exact) mass is 398 g/mol. The minimum atomic E-state index is -0.190. The molecule has 1 aliphatic rings. The number of carbonyl (C=O) groups is 2. The number of amides is 3. The van der Waals surface area contributed by atoms with Gasteiger partial charge in [-0.15, -0.1) is 0 Å². The quantitative estimate of drug-likeness (QED) is 0.666. The van der Waals surface area contributed by atoms with Crippen LogP contribution in [-0.4, -0.2) is 41.5 Å². The summed E-state index contributed by atoms with van der Waals surface area (Å²) in [5.41, 5.74) is 1.86. The van der Waals surface area contributed by atoms with Crippen molar-refractivity contribution < 1.29 is 14.0 Å². The van der Waals surface area contributed by atoms with Crippen molar-refractivity contribution in [2.75, 3.05) is 19.6 Å². The van der Waals surface area contributed by atoms with Crippen LogP contribution in [0.25, 0.3) is 0 Å². The van der Waals surface area contributed by atoms with E-state index in [0.29, 0.717) is 24.8 Å². The number of oxazole rings is 1. The van der Waals surface area contributed by atoms with Crippen LogP contribution >= 0.6 is 0 Å². The lowest BCUT2D eigenvalue weighted by Crippen LogP contribution is -2.38. The number of aryl methyl sites for hydroxylation is 1. The molecule has 7 heteroatoms. The van der Waals surface area contributed by atoms with Crippen LogP contribution in [0.1, 0.15) is 53.8 Å². The van der Waals surface area contributed by atoms with Crippen LogP contribution in [0.4, 0.5) is 4.79 Å². The molecule has 0 radical (unpaired) electrons. The van der Waals surface area contributed by atoms with E-state index in [1.165, 1.54) is 6.39 Å². The van der Waals surface area contributed by atoms with Gasteiger partial charge in [-0.2, -0.15) is 0 Å². The molecule has 1 saturated heterocycles. The van der Waals surface area contributed by atoms with E-state index in [4.69, 9.17) is 4.42 Å². The van der Waals surface area contributed by atoms with Gasteiger partial charge in [0.2, 0.25) is 0 Å². The predicted molar refractivity (Wildman–Crippen MR) is 110 cm³/mol. The Balaban J connectivity index is 1.26. The van der Waals surface area contributed by atoms with E-state index in [-0.39, 0.29) is 11.9 Å². The van der Waals surface area contributed by atoms with Crippen LogP contribution in [0.2, 0.25) is 0 Å². The zero-order valence-electron chi connectivity index (χ0n) is 17.0. The van der Waals surface area contributed by atoms with E-state index in [2.05, 4.69) is 15.6 Å². The van der Waals surface area contributed by atoms with Gasteiger partial charge < -0.3 is 20.0 Å². The number of rotatable bonds is 8. The zero-order chi connectivity index (χ0) is 20.5. The number of likely N-dealkylation sites (tertiary alicyclic amines) is 1. The molecule has 0 unspecified atom stereocenters. The molecular weight excluding hydrogens is 368 g/mol. The molecule has 29 heavy (non-hydrogen) atoms. The third kappa shape index (κ3) is 6.34. The number of nitrogens with one attached hydrogen (secondary N) is 2. The lowest BCUT2D eigenvalue weighted by molar-refractivity contribution is 0.0685. The third-order valence-corrected chi connectivity index (χ3v) is 5.51. The van der Waals surface area contributed by atoms with Crippen LogP contribution in [-0.2, 0) is 6.54 Å². The lowest BCUT2D eigenvalue weighted by Gasteiger charge is -2.32. The smallest absolute Gasteiger partial charge is 0.315 e. The summed E-state index contributed by atoms with van der Waals surface area (Å²) in [4.78, 5) is 30.2. The highest BCUT2D eigenvalue weighted by Gasteiger charge is 2.24. The first-order valence-electron chi connectivity index (χ1n) is 10.4. The highest BCUT2D eigenvalue weighted by atomic mass is 16.3. The maximum absolute atomic E-state index is 12.7. The number of nitrogens with zero attached hydrogens (tertiary/aromatic N) is 2. The van der Waals surface area contributed by atoms with Crippen LogP contribution in [0.5, 0.6) is 0 Å². The first kappa shape index (κ1) is 20.9. The zero-order valence-corrected chi connectivity index (χ0v) is 17.0. The Morgan fingerprint density at radius 1 is 1.17 bits per heavy atom. The highest BCUT2D eigenvalue weighted by Crippen LogP contribution is 2.24. The number of piperidine rings is 1. The largest absolute Gasteiger partial charge is 0.447 e. The Bertz CT molecular complexity index is 783. The molecule has 0 atom stereocenters. The molecule has 2 heterocycles. The van der Waals surface area contributed by atoms with E-state index in [0.717, 1.165) is 56.3 Å². The number of unbranched alkanes of at least 4 members (excludes halogenated alkanes) is 1. The Morgan fingerprint density at radius 3 is 2.69 bits per heavy atom. The first-order chi connectivity index (χ1) is 14.1. The van der Waals surface area contributed by atoms with Crippen molar-refractivity contribution in [1.82, 2.24) is 20.5 Å². The fourth-order valence-electron chi connectivity index (χ4n) is 3.73. The normalized spacial score (nSPS) is 14.6. The van der Waals surface area contributed by atoms with E-state index in [1.54, 1.807) is 6.20 Å². The van der Waals surface area contributed by atoms with Gasteiger partial charge in [0.25, 0.3) is 5.91 Å². The van der Waals surface area contributed by atoms with Crippen LogP contribution in [0.15, 0.2) is 41.3 Å². The maximum atomic E-state index is 12.7. The van der Waals surface area contributed by atoms with Gasteiger partial charge in [0.15, 0.2) is 6.39 Å². The van der Waals surface area contributed by atoms with Gasteiger partial charge in [0.1, 0.15) is 5.76 Å². The summed E-state index contributed by atoms with van der Waals surface area (Å²) in [5, 5.41) is 5.60. The van der Waals surface area contributed by atoms with Crippen molar-refractivity contribution in [1.29, 1.82) is 0 Å². The molecule has 0 saturated carbocycles. The third-order valence-electron chi connectivity index (χ3n) is 5.51. The number of carbonyl (C=O) groups excluding carboxylic acids is 2. The van der Waals surface area contributed by atoms with Gasteiger partial charge in [-0.25, -0.2) is 9.78 Å². The molecule has 0 aliphatic carbocycles. The summed E-state index contributed by atoms with van der Waals surface area (Å²) < 4.78 is 5.07. The van der Waals surface area contributed by atoms with Crippen molar-refractivity contribution in [3.8, 4) is 0 Å². The minimum absolute atomic E-state index is 0.155. The molecule has 2 aromatic rings. The summed E-state index contributed by atoms with van der Waals surface area (Å²) in [6.45, 7) is 4.65. The number of hydrogen-bond acceptors (Lipinski definition) is 4. The second-order valence-corrected chi connectivity index (χ2v) is 7.62. The molecule has 1 aliphatic heterocycles. The predicted octanol–water partition coefficient (Wildman–Crippen LogP) is 3.50. The summed E-state index contributed by atoms with van der Waals surface area (Å²) in [5.74, 6) is 1.45. The molecule has 0 spiro atoms. The van der Waals surface area contributed by atoms with Crippen LogP contribution < -0.4 is 10.6 Å². The summed E-state index contributed by atoms with van der Waals surface area (Å²) in [6, 6.07) is 7.61. The molecule has 2 N–H and O–H groups in total. The number of urea groups is 1. The molecule has 1 aromatic carbocycles. The number of hydrogen-bond donors (Lipinski definition) is 2. The van der Waals surface area contributed by atoms with E-state index < -0.39 is 0 Å². The molecule has 7 nitrogen and oxygen atoms in total. The maximum Gasteiger partial charge on any atom is 0.315 e. The van der Waals surface area contributed by atoms with Crippen molar-refractivity contribution in [2.45, 2.75) is 45.6 Å². The molecular formula is C22H30N4O3. The molecule has 1 fully saturated rings. The summed E-state index contributed by atoms with van der Waals surface area (Å²) in [7, 11) is 0. The standard InChI is InChI=1S/C22H30N4O3/c1-17-6-2-3-8-20(17)21(27)26-12-9-18(10-13-26)7-4-5-11-24-22(28)25-15-19-14-23-16-29-19/h2-3,6,8,14,16,18H,4-5,7,9-13,15H2,1H3,(H2,24,25,28). The van der Waals surface area contributed by atoms with Gasteiger partial charge in [-0.3, -0.25) is 4.79 Å². The Kier molecular flexibility index (Phi) is 7.67. The molecule has 3 rings (SSSR count). The second-order valence-electron chi connectivity index (χ2n) is 7.62. The van der Waals surface area contributed by atoms with Gasteiger partial charge in [-0.05, 0) is 43.7 Å². The second kappa shape index (κ2) is 10.6. The molecule has 1 aromatic heterocycles. The summed E-state index contributed by atoms with van der Waals surface area (Å²) in [6.07, 6.45) is 8.23. The van der Waals surface area contributed by atoms with Gasteiger partial charge >= 0.3 is 6.03 Å². The van der Waals surface area contributed by atoms with Gasteiger partial charge in [-0.1, -0.05) is 31.0 Å². The van der Waals surface area contributed by atoms with Crippen molar-refractivity contribution in [3.63, 3.8) is 0 Å². The Labute approximate surface area is 171 Å². The lowest BCUT2D eigenvalue weighted by atomic mass is 9.91. The molecule has 156 valence electrons. The fraction of sp³-hybridized carbons (Fsp3) is 0.500. The topological polar surface area (TPSA) is 87.5 Å². The van der Waals surface area contributed by atoms with E-state index in [1.807, 2.05) is 36.1 Å². The van der Waals surface area contributed by atoms with E-state index in [9.17, 15) is 9.59 Å². The fourth-order valence-corrected chi connectivity index (χ4v) is 3.73. The average Bonchev–Trinajstić information content (AvgIpc) is 3.26. The Morgan fingerprint density at radius 2 is 1.97 bits per heavy atom. The van der Waals surface area contributed by atoms with E-state index >= 15 is 0 Å². The molecule has 0 bridgehead atoms. The molecule has 3 amide bonds. The minimum Gasteiger partial charge on any atom is -0.447 e. The average molecular weight is 399 g/mol. The van der Waals surface area contributed by atoms with Gasteiger partial charge in [0, 0.05) is 25.2 Å². The first-order valence-corrected chi connectivity index (χ1v) is 10.4.